The molecule has 0 saturated heterocycles. The molecule has 3 nitrogen and oxygen atoms in total. The van der Waals surface area contributed by atoms with Crippen LogP contribution in [0.4, 0.5) is 0 Å². The molecule has 0 fully saturated rings. The van der Waals surface area contributed by atoms with Crippen molar-refractivity contribution in [3.8, 4) is 0 Å². The molecule has 0 aliphatic rings. The Kier molecular flexibility index (Phi) is 10.1. The highest BCUT2D eigenvalue weighted by Gasteiger charge is 1.94. The average molecular weight is 269 g/mol. The van der Waals surface area contributed by atoms with Gasteiger partial charge in [-0.3, -0.25) is 0 Å². The lowest BCUT2D eigenvalue weighted by atomic mass is 10.3. The Balaban J connectivity index is 4.86. The second-order valence-corrected chi connectivity index (χ2v) is 3.67. The van der Waals surface area contributed by atoms with Gasteiger partial charge in [-0.05, 0) is 32.1 Å². The van der Waals surface area contributed by atoms with Gasteiger partial charge in [-0.2, -0.15) is 0 Å². The zero-order valence-corrected chi connectivity index (χ0v) is 12.2. The Hall–Kier alpha value is -2.55. The van der Waals surface area contributed by atoms with E-state index in [-0.39, 0.29) is 0 Å². The van der Waals surface area contributed by atoms with Crippen LogP contribution in [-0.2, 0) is 0 Å². The predicted molar refractivity (Wildman–Crippen MR) is 90.1 cm³/mol. The summed E-state index contributed by atoms with van der Waals surface area (Å²) < 4.78 is 0. The van der Waals surface area contributed by atoms with Gasteiger partial charge in [-0.1, -0.05) is 55.7 Å². The first-order valence-corrected chi connectivity index (χ1v) is 6.36. The van der Waals surface area contributed by atoms with Crippen LogP contribution in [-0.4, -0.2) is 5.96 Å². The lowest BCUT2D eigenvalue weighted by Gasteiger charge is -2.05. The third-order valence-corrected chi connectivity index (χ3v) is 2.14. The van der Waals surface area contributed by atoms with E-state index in [1.165, 1.54) is 0 Å². The van der Waals surface area contributed by atoms with E-state index in [0.29, 0.717) is 11.7 Å². The minimum atomic E-state index is 0.307. The summed E-state index contributed by atoms with van der Waals surface area (Å²) >= 11 is 0. The normalized spacial score (nSPS) is 14.4. The second-order valence-electron chi connectivity index (χ2n) is 3.67. The van der Waals surface area contributed by atoms with E-state index >= 15 is 0 Å². The van der Waals surface area contributed by atoms with E-state index in [2.05, 4.69) is 23.5 Å². The number of allylic oxidation sites excluding steroid dienone is 10. The van der Waals surface area contributed by atoms with Crippen molar-refractivity contribution in [1.29, 1.82) is 0 Å². The fourth-order valence-corrected chi connectivity index (χ4v) is 1.18. The highest BCUT2D eigenvalue weighted by Crippen LogP contribution is 1.99. The molecular weight excluding hydrogens is 246 g/mol. The summed E-state index contributed by atoms with van der Waals surface area (Å²) in [7, 11) is 0. The molecular formula is C17H23N3. The van der Waals surface area contributed by atoms with Gasteiger partial charge in [0.2, 0.25) is 0 Å². The summed E-state index contributed by atoms with van der Waals surface area (Å²) in [6.07, 6.45) is 18.4. The number of nitrogens with two attached hydrogens (primary N) is 1. The lowest BCUT2D eigenvalue weighted by Crippen LogP contribution is -2.30. The van der Waals surface area contributed by atoms with Crippen LogP contribution in [0, 0.1) is 0 Å². The zero-order valence-electron chi connectivity index (χ0n) is 12.2. The predicted octanol–water partition coefficient (Wildman–Crippen LogP) is 3.74. The van der Waals surface area contributed by atoms with Crippen LogP contribution in [0.3, 0.4) is 0 Å². The van der Waals surface area contributed by atoms with Crippen LogP contribution < -0.4 is 11.1 Å². The number of guanidine groups is 1. The van der Waals surface area contributed by atoms with Gasteiger partial charge in [0.15, 0.2) is 5.96 Å². The minimum Gasteiger partial charge on any atom is -0.369 e. The van der Waals surface area contributed by atoms with E-state index in [1.54, 1.807) is 24.3 Å². The number of nitrogens with zero attached hydrogens (tertiary/aromatic N) is 1. The molecule has 0 unspecified atom stereocenters. The van der Waals surface area contributed by atoms with E-state index in [4.69, 9.17) is 5.73 Å². The van der Waals surface area contributed by atoms with Crippen molar-refractivity contribution in [2.45, 2.75) is 13.8 Å². The Morgan fingerprint density at radius 2 is 1.85 bits per heavy atom. The van der Waals surface area contributed by atoms with E-state index in [1.807, 2.05) is 50.3 Å². The molecule has 0 aromatic heterocycles. The molecule has 0 saturated carbocycles. The summed E-state index contributed by atoms with van der Waals surface area (Å²) in [5.41, 5.74) is 7.39. The molecule has 0 aliphatic carbocycles. The molecule has 0 aromatic rings. The molecule has 3 N–H and O–H groups in total. The Morgan fingerprint density at radius 3 is 2.40 bits per heavy atom. The fraction of sp³-hybridized carbons (Fsp3) is 0.118. The Morgan fingerprint density at radius 1 is 1.10 bits per heavy atom. The molecule has 0 spiro atoms. The van der Waals surface area contributed by atoms with Crippen molar-refractivity contribution < 1.29 is 0 Å². The second kappa shape index (κ2) is 11.5. The van der Waals surface area contributed by atoms with Crippen molar-refractivity contribution in [2.24, 2.45) is 10.7 Å². The van der Waals surface area contributed by atoms with E-state index in [0.717, 1.165) is 5.70 Å². The monoisotopic (exact) mass is 269 g/mol. The maximum atomic E-state index is 5.85. The highest BCUT2D eigenvalue weighted by molar-refractivity contribution is 5.81. The maximum Gasteiger partial charge on any atom is 0.198 e. The Labute approximate surface area is 122 Å². The molecule has 3 heteroatoms. The van der Waals surface area contributed by atoms with Gasteiger partial charge in [-0.15, -0.1) is 0 Å². The van der Waals surface area contributed by atoms with Gasteiger partial charge in [0, 0.05) is 5.70 Å². The first-order valence-electron chi connectivity index (χ1n) is 6.36. The summed E-state index contributed by atoms with van der Waals surface area (Å²) in [6.45, 7) is 11.2. The number of nitrogens with one attached hydrogen (secondary N) is 1. The molecule has 0 aromatic carbocycles. The van der Waals surface area contributed by atoms with E-state index < -0.39 is 0 Å². The van der Waals surface area contributed by atoms with Crippen LogP contribution in [0.2, 0.25) is 0 Å². The standard InChI is InChI=1S/C17H23N3/c1-5-9-11-13-15(7-3)19-17(18)20-16(8-4)14-12-10-6-2/h5-14H,1,3H2,2,4H3,(H3,18,19,20)/b10-6-,11-9-,14-12-,15-13+,16-8+. The Bertz CT molecular complexity index is 486. The molecule has 0 aliphatic heterocycles. The van der Waals surface area contributed by atoms with Crippen molar-refractivity contribution in [3.63, 3.8) is 0 Å². The number of hydrogen-bond donors (Lipinski definition) is 2. The largest absolute Gasteiger partial charge is 0.369 e. The summed E-state index contributed by atoms with van der Waals surface area (Å²) in [5, 5.41) is 3.02. The first-order chi connectivity index (χ1) is 9.67. The van der Waals surface area contributed by atoms with Gasteiger partial charge in [0.05, 0.1) is 5.70 Å². The molecule has 0 atom stereocenters. The van der Waals surface area contributed by atoms with Crippen LogP contribution >= 0.6 is 0 Å². The number of aliphatic imine (C=N–C) groups is 1. The fourth-order valence-electron chi connectivity index (χ4n) is 1.18. The molecule has 0 heterocycles. The van der Waals surface area contributed by atoms with Crippen molar-refractivity contribution in [2.75, 3.05) is 0 Å². The third kappa shape index (κ3) is 8.53. The van der Waals surface area contributed by atoms with Gasteiger partial charge in [0.1, 0.15) is 0 Å². The minimum absolute atomic E-state index is 0.307. The van der Waals surface area contributed by atoms with Gasteiger partial charge in [0.25, 0.3) is 0 Å². The molecule has 0 radical (unpaired) electrons. The van der Waals surface area contributed by atoms with Crippen LogP contribution in [0.1, 0.15) is 13.8 Å². The molecule has 0 rings (SSSR count). The smallest absolute Gasteiger partial charge is 0.198 e. The number of hydrogen-bond acceptors (Lipinski definition) is 1. The summed E-state index contributed by atoms with van der Waals surface area (Å²) in [6, 6.07) is 0. The maximum absolute atomic E-state index is 5.85. The van der Waals surface area contributed by atoms with Gasteiger partial charge >= 0.3 is 0 Å². The lowest BCUT2D eigenvalue weighted by molar-refractivity contribution is 1.12. The van der Waals surface area contributed by atoms with Gasteiger partial charge < -0.3 is 11.1 Å². The molecule has 20 heavy (non-hydrogen) atoms. The molecule has 0 bridgehead atoms. The SMILES string of the molecule is C=C/C=C\C=C(/C=C)N=C(N)NC(/C=C\C=C/C)=C/C. The van der Waals surface area contributed by atoms with Crippen molar-refractivity contribution >= 4 is 5.96 Å². The summed E-state index contributed by atoms with van der Waals surface area (Å²) in [4.78, 5) is 4.23. The van der Waals surface area contributed by atoms with Crippen molar-refractivity contribution in [1.82, 2.24) is 5.32 Å². The molecule has 0 amide bonds. The highest BCUT2D eigenvalue weighted by atomic mass is 15.1. The quantitative estimate of drug-likeness (QED) is 0.420. The average Bonchev–Trinajstić information content (AvgIpc) is 2.45. The topological polar surface area (TPSA) is 50.4 Å². The summed E-state index contributed by atoms with van der Waals surface area (Å²) in [5.74, 6) is 0.307. The number of rotatable bonds is 7. The zero-order chi connectivity index (χ0) is 15.2. The van der Waals surface area contributed by atoms with Gasteiger partial charge in [-0.25, -0.2) is 4.99 Å². The first kappa shape index (κ1) is 17.4. The van der Waals surface area contributed by atoms with E-state index in [9.17, 15) is 0 Å². The van der Waals surface area contributed by atoms with Crippen LogP contribution in [0.25, 0.3) is 0 Å². The van der Waals surface area contributed by atoms with Crippen LogP contribution in [0.5, 0.6) is 0 Å². The molecule has 106 valence electrons. The van der Waals surface area contributed by atoms with Crippen LogP contribution in [0.15, 0.2) is 90.3 Å². The van der Waals surface area contributed by atoms with Crippen molar-refractivity contribution in [3.05, 3.63) is 85.3 Å². The third-order valence-electron chi connectivity index (χ3n) is 2.14.